The highest BCUT2D eigenvalue weighted by Gasteiger charge is 2.45. The summed E-state index contributed by atoms with van der Waals surface area (Å²) in [5, 5.41) is 17.0. The summed E-state index contributed by atoms with van der Waals surface area (Å²) in [6.45, 7) is 1.53. The number of carbonyl (C=O) groups excluding carboxylic acids is 2. The Bertz CT molecular complexity index is 1350. The molecule has 0 bridgehead atoms. The number of alkyl halides is 1. The number of benzene rings is 2. The summed E-state index contributed by atoms with van der Waals surface area (Å²) in [6, 6.07) is 9.45. The van der Waals surface area contributed by atoms with E-state index >= 15 is 8.78 Å². The number of amides is 2. The molecule has 4 N–H and O–H groups in total. The Kier molecular flexibility index (Phi) is 7.63. The molecule has 12 heteroatoms. The number of hydrogen-bond acceptors (Lipinski definition) is 6. The Hall–Kier alpha value is -4.06. The van der Waals surface area contributed by atoms with E-state index in [0.717, 1.165) is 13.2 Å². The van der Waals surface area contributed by atoms with Crippen LogP contribution in [-0.4, -0.2) is 58.2 Å². The van der Waals surface area contributed by atoms with E-state index < -0.39 is 41.1 Å². The molecule has 2 amide bonds. The molecule has 38 heavy (non-hydrogen) atoms. The van der Waals surface area contributed by atoms with Crippen molar-refractivity contribution in [1.82, 2.24) is 14.7 Å². The fraction of sp³-hybridized carbons (Fsp3) is 0.346. The van der Waals surface area contributed by atoms with E-state index in [-0.39, 0.29) is 55.0 Å². The SMILES string of the molecule is CCC1(n2cc(C(N)=O)c(NC(=O)OC)n2)CCN(Cc2c(F)cc(-c3ccccc3)c(O)c2F)CC1F. The number of aromatic hydroxyl groups is 1. The van der Waals surface area contributed by atoms with Crippen molar-refractivity contribution in [2.45, 2.75) is 38.0 Å². The minimum Gasteiger partial charge on any atom is -0.504 e. The highest BCUT2D eigenvalue weighted by Crippen LogP contribution is 2.39. The minimum atomic E-state index is -1.56. The Morgan fingerprint density at radius 1 is 1.29 bits per heavy atom. The number of nitrogens with zero attached hydrogens (tertiary/aromatic N) is 3. The predicted molar refractivity (Wildman–Crippen MR) is 133 cm³/mol. The van der Waals surface area contributed by atoms with Crippen LogP contribution >= 0.6 is 0 Å². The number of rotatable bonds is 7. The average molecular weight is 532 g/mol. The van der Waals surface area contributed by atoms with Gasteiger partial charge in [0.2, 0.25) is 0 Å². The van der Waals surface area contributed by atoms with Gasteiger partial charge in [0, 0.05) is 37.0 Å². The maximum Gasteiger partial charge on any atom is 0.412 e. The van der Waals surface area contributed by atoms with Gasteiger partial charge in [-0.2, -0.15) is 5.10 Å². The number of nitrogens with two attached hydrogens (primary N) is 1. The van der Waals surface area contributed by atoms with Crippen LogP contribution in [0.2, 0.25) is 0 Å². The molecule has 1 aliphatic heterocycles. The number of halogens is 3. The molecule has 1 aliphatic rings. The molecule has 2 heterocycles. The molecule has 2 atom stereocenters. The van der Waals surface area contributed by atoms with Crippen molar-refractivity contribution in [2.75, 3.05) is 25.5 Å². The summed E-state index contributed by atoms with van der Waals surface area (Å²) in [6.07, 6.45) is -0.704. The van der Waals surface area contributed by atoms with Crippen molar-refractivity contribution in [2.24, 2.45) is 5.73 Å². The normalized spacial score (nSPS) is 19.8. The number of piperidine rings is 1. The van der Waals surface area contributed by atoms with Gasteiger partial charge in [-0.25, -0.2) is 18.0 Å². The first kappa shape index (κ1) is 27.0. The third-order valence-corrected chi connectivity index (χ3v) is 7.07. The van der Waals surface area contributed by atoms with E-state index in [2.05, 4.69) is 15.2 Å². The Morgan fingerprint density at radius 2 is 2.00 bits per heavy atom. The number of primary amides is 1. The van der Waals surface area contributed by atoms with Gasteiger partial charge >= 0.3 is 6.09 Å². The number of anilines is 1. The molecular formula is C26H28F3N5O4. The number of ether oxygens (including phenoxy) is 1. The van der Waals surface area contributed by atoms with E-state index in [1.807, 2.05) is 0 Å². The van der Waals surface area contributed by atoms with Crippen LogP contribution in [0.5, 0.6) is 5.75 Å². The van der Waals surface area contributed by atoms with E-state index in [1.54, 1.807) is 42.2 Å². The fourth-order valence-electron chi connectivity index (χ4n) is 4.84. The monoisotopic (exact) mass is 531 g/mol. The van der Waals surface area contributed by atoms with E-state index in [0.29, 0.717) is 5.56 Å². The number of methoxy groups -OCH3 is 1. The Morgan fingerprint density at radius 3 is 2.61 bits per heavy atom. The van der Waals surface area contributed by atoms with Gasteiger partial charge in [-0.05, 0) is 24.5 Å². The third-order valence-electron chi connectivity index (χ3n) is 7.07. The van der Waals surface area contributed by atoms with Crippen LogP contribution in [0.15, 0.2) is 42.6 Å². The maximum absolute atomic E-state index is 15.8. The lowest BCUT2D eigenvalue weighted by atomic mass is 9.83. The molecule has 1 saturated heterocycles. The van der Waals surface area contributed by atoms with E-state index in [4.69, 9.17) is 5.73 Å². The van der Waals surface area contributed by atoms with Crippen molar-refractivity contribution in [1.29, 1.82) is 0 Å². The topological polar surface area (TPSA) is 123 Å². The molecule has 0 radical (unpaired) electrons. The second-order valence-corrected chi connectivity index (χ2v) is 9.14. The van der Waals surface area contributed by atoms with Crippen LogP contribution in [0.3, 0.4) is 0 Å². The van der Waals surface area contributed by atoms with Crippen molar-refractivity contribution in [3.05, 3.63) is 65.4 Å². The number of phenols is 1. The van der Waals surface area contributed by atoms with Crippen molar-refractivity contribution in [3.8, 4) is 16.9 Å². The smallest absolute Gasteiger partial charge is 0.412 e. The molecule has 9 nitrogen and oxygen atoms in total. The quantitative estimate of drug-likeness (QED) is 0.421. The molecule has 202 valence electrons. The second kappa shape index (κ2) is 10.7. The summed E-state index contributed by atoms with van der Waals surface area (Å²) in [5.41, 5.74) is 4.22. The van der Waals surface area contributed by atoms with Crippen LogP contribution in [0.25, 0.3) is 11.1 Å². The molecule has 4 rings (SSSR count). The largest absolute Gasteiger partial charge is 0.504 e. The number of aromatic nitrogens is 2. The van der Waals surface area contributed by atoms with E-state index in [9.17, 15) is 19.1 Å². The van der Waals surface area contributed by atoms with Crippen LogP contribution in [0, 0.1) is 11.6 Å². The van der Waals surface area contributed by atoms with Crippen LogP contribution < -0.4 is 11.1 Å². The molecule has 1 fully saturated rings. The van der Waals surface area contributed by atoms with Gasteiger partial charge in [-0.15, -0.1) is 0 Å². The predicted octanol–water partition coefficient (Wildman–Crippen LogP) is 4.16. The van der Waals surface area contributed by atoms with Crippen molar-refractivity contribution in [3.63, 3.8) is 0 Å². The second-order valence-electron chi connectivity index (χ2n) is 9.14. The number of nitrogens with one attached hydrogen (secondary N) is 1. The number of carbonyl (C=O) groups is 2. The lowest BCUT2D eigenvalue weighted by molar-refractivity contribution is 0.000841. The lowest BCUT2D eigenvalue weighted by Crippen LogP contribution is -2.54. The van der Waals surface area contributed by atoms with Gasteiger partial charge in [0.05, 0.1) is 12.6 Å². The molecule has 0 spiro atoms. The summed E-state index contributed by atoms with van der Waals surface area (Å²) < 4.78 is 51.7. The zero-order valence-corrected chi connectivity index (χ0v) is 20.9. The summed E-state index contributed by atoms with van der Waals surface area (Å²) in [4.78, 5) is 25.1. The van der Waals surface area contributed by atoms with Gasteiger partial charge in [0.15, 0.2) is 17.4 Å². The molecule has 0 saturated carbocycles. The first-order valence-electron chi connectivity index (χ1n) is 12.0. The zero-order chi connectivity index (χ0) is 27.6. The van der Waals surface area contributed by atoms with Crippen LogP contribution in [0.1, 0.15) is 35.7 Å². The zero-order valence-electron chi connectivity index (χ0n) is 20.9. The van der Waals surface area contributed by atoms with Gasteiger partial charge in [-0.1, -0.05) is 37.3 Å². The molecular weight excluding hydrogens is 503 g/mol. The molecule has 1 aromatic heterocycles. The molecule has 0 aliphatic carbocycles. The highest BCUT2D eigenvalue weighted by molar-refractivity contribution is 6.00. The summed E-state index contributed by atoms with van der Waals surface area (Å²) in [7, 11) is 1.14. The molecule has 3 aromatic rings. The first-order chi connectivity index (χ1) is 18.1. The number of hydrogen-bond donors (Lipinski definition) is 3. The summed E-state index contributed by atoms with van der Waals surface area (Å²) in [5.74, 6) is -3.65. The third kappa shape index (κ3) is 4.91. The average Bonchev–Trinajstić information content (AvgIpc) is 3.33. The fourth-order valence-corrected chi connectivity index (χ4v) is 4.84. The highest BCUT2D eigenvalue weighted by atomic mass is 19.1. The number of likely N-dealkylation sites (tertiary alicyclic amines) is 1. The molecule has 2 aromatic carbocycles. The lowest BCUT2D eigenvalue weighted by Gasteiger charge is -2.44. The van der Waals surface area contributed by atoms with Gasteiger partial charge in [0.1, 0.15) is 17.6 Å². The van der Waals surface area contributed by atoms with Gasteiger partial charge in [0.25, 0.3) is 5.91 Å². The summed E-state index contributed by atoms with van der Waals surface area (Å²) >= 11 is 0. The van der Waals surface area contributed by atoms with Gasteiger partial charge in [-0.3, -0.25) is 19.7 Å². The first-order valence-corrected chi connectivity index (χ1v) is 12.0. The number of phenolic OH excluding ortho intramolecular Hbond substituents is 1. The standard InChI is InChI=1S/C26H28F3N5O4/c1-3-26(34-13-18(23(30)36)24(32-34)31-25(37)38-2)9-10-33(14-20(26)28)12-17-19(27)11-16(22(35)21(17)29)15-7-5-4-6-8-15/h4-8,11,13,20,35H,3,9-10,12,14H2,1-2H3,(H2,30,36)(H,31,32,37). The Labute approximate surface area is 217 Å². The maximum atomic E-state index is 15.8. The molecule has 2 unspecified atom stereocenters. The van der Waals surface area contributed by atoms with Crippen LogP contribution in [-0.2, 0) is 16.8 Å². The van der Waals surface area contributed by atoms with Gasteiger partial charge < -0.3 is 15.6 Å². The van der Waals surface area contributed by atoms with Crippen LogP contribution in [0.4, 0.5) is 23.8 Å². The Balaban J connectivity index is 1.57. The van der Waals surface area contributed by atoms with E-state index in [1.165, 1.54) is 10.9 Å². The van der Waals surface area contributed by atoms with Crippen molar-refractivity contribution >= 4 is 17.8 Å². The van der Waals surface area contributed by atoms with Crippen molar-refractivity contribution < 1.29 is 32.6 Å². The minimum absolute atomic E-state index is 0.0247.